The van der Waals surface area contributed by atoms with Gasteiger partial charge in [0.2, 0.25) is 0 Å². The molecule has 0 aliphatic carbocycles. The summed E-state index contributed by atoms with van der Waals surface area (Å²) in [6.45, 7) is 0.382. The summed E-state index contributed by atoms with van der Waals surface area (Å²) in [5, 5.41) is 19.2. The molecule has 0 unspecified atom stereocenters. The molecule has 1 atom stereocenters. The summed E-state index contributed by atoms with van der Waals surface area (Å²) in [5.41, 5.74) is 0. The lowest BCUT2D eigenvalue weighted by Crippen LogP contribution is -2.45. The van der Waals surface area contributed by atoms with Gasteiger partial charge < -0.3 is 10.4 Å². The van der Waals surface area contributed by atoms with E-state index < -0.39 is 18.0 Å². The fourth-order valence-corrected chi connectivity index (χ4v) is 1.42. The summed E-state index contributed by atoms with van der Waals surface area (Å²) >= 11 is 0. The number of rotatable bonds is 1. The van der Waals surface area contributed by atoms with Gasteiger partial charge in [-0.05, 0) is 19.3 Å². The zero-order valence-corrected chi connectivity index (χ0v) is 7.56. The molecule has 76 valence electrons. The minimum absolute atomic E-state index is 0.382. The van der Waals surface area contributed by atoms with E-state index >= 15 is 0 Å². The summed E-state index contributed by atoms with van der Waals surface area (Å²) in [5.74, 6) is -0.451. The zero-order valence-electron chi connectivity index (χ0n) is 7.56. The molecule has 1 rings (SSSR count). The maximum absolute atomic E-state index is 11.5. The number of amides is 2. The van der Waals surface area contributed by atoms with Crippen LogP contribution in [0.2, 0.25) is 0 Å². The molecule has 2 amide bonds. The largest absolute Gasteiger partial charge is 0.465 e. The molecule has 0 saturated carbocycles. The van der Waals surface area contributed by atoms with E-state index in [0.717, 1.165) is 17.7 Å². The summed E-state index contributed by atoms with van der Waals surface area (Å²) in [4.78, 5) is 22.9. The second-order valence-electron chi connectivity index (χ2n) is 3.09. The quantitative estimate of drug-likeness (QED) is 0.583. The molecule has 1 aliphatic rings. The van der Waals surface area contributed by atoms with E-state index in [0.29, 0.717) is 13.0 Å². The van der Waals surface area contributed by atoms with Crippen molar-refractivity contribution in [2.45, 2.75) is 25.3 Å². The smallest absolute Gasteiger partial charge is 0.405 e. The maximum Gasteiger partial charge on any atom is 0.405 e. The first-order chi connectivity index (χ1) is 6.65. The van der Waals surface area contributed by atoms with Crippen LogP contribution in [-0.2, 0) is 4.79 Å². The number of nitriles is 1. The number of carbonyl (C=O) groups excluding carboxylic acids is 1. The first kappa shape index (κ1) is 10.3. The van der Waals surface area contributed by atoms with Crippen molar-refractivity contribution in [2.75, 3.05) is 6.54 Å². The van der Waals surface area contributed by atoms with Crippen LogP contribution in [0.5, 0.6) is 0 Å². The Morgan fingerprint density at radius 2 is 2.36 bits per heavy atom. The SMILES string of the molecule is N#CN1CCCC[C@H](NC(=O)O)C1=O. The number of nitrogens with zero attached hydrogens (tertiary/aromatic N) is 2. The Kier molecular flexibility index (Phi) is 3.29. The molecule has 2 N–H and O–H groups in total. The number of hydrogen-bond acceptors (Lipinski definition) is 3. The molecular weight excluding hydrogens is 186 g/mol. The van der Waals surface area contributed by atoms with E-state index in [4.69, 9.17) is 10.4 Å². The van der Waals surface area contributed by atoms with Gasteiger partial charge in [-0.1, -0.05) is 0 Å². The Morgan fingerprint density at radius 3 is 2.93 bits per heavy atom. The lowest BCUT2D eigenvalue weighted by molar-refractivity contribution is -0.129. The zero-order chi connectivity index (χ0) is 10.6. The predicted octanol–water partition coefficient (Wildman–Crippen LogP) is 0.116. The Balaban J connectivity index is 2.69. The van der Waals surface area contributed by atoms with E-state index in [9.17, 15) is 9.59 Å². The molecule has 1 aliphatic heterocycles. The average Bonchev–Trinajstić information content (AvgIpc) is 2.29. The Bertz CT molecular complexity index is 284. The van der Waals surface area contributed by atoms with Crippen molar-refractivity contribution in [1.82, 2.24) is 10.2 Å². The van der Waals surface area contributed by atoms with Crippen molar-refractivity contribution in [3.63, 3.8) is 0 Å². The molecule has 14 heavy (non-hydrogen) atoms. The van der Waals surface area contributed by atoms with E-state index in [1.807, 2.05) is 0 Å². The molecule has 0 radical (unpaired) electrons. The molecule has 0 bridgehead atoms. The van der Waals surface area contributed by atoms with Crippen LogP contribution in [0.15, 0.2) is 0 Å². The fraction of sp³-hybridized carbons (Fsp3) is 0.625. The van der Waals surface area contributed by atoms with Gasteiger partial charge in [0.1, 0.15) is 6.04 Å². The highest BCUT2D eigenvalue weighted by molar-refractivity contribution is 5.86. The third-order valence-corrected chi connectivity index (χ3v) is 2.11. The standard InChI is InChI=1S/C8H11N3O3/c9-5-11-4-2-1-3-6(7(11)12)10-8(13)14/h6,10H,1-4H2,(H,13,14)/t6-/m0/s1. The topological polar surface area (TPSA) is 93.4 Å². The van der Waals surface area contributed by atoms with Gasteiger partial charge in [-0.15, -0.1) is 0 Å². The number of carbonyl (C=O) groups is 2. The van der Waals surface area contributed by atoms with Crippen molar-refractivity contribution in [3.8, 4) is 6.19 Å². The first-order valence-corrected chi connectivity index (χ1v) is 4.35. The minimum atomic E-state index is -1.23. The summed E-state index contributed by atoms with van der Waals surface area (Å²) in [7, 11) is 0. The molecule has 0 spiro atoms. The van der Waals surface area contributed by atoms with Gasteiger partial charge in [-0.2, -0.15) is 5.26 Å². The van der Waals surface area contributed by atoms with Crippen LogP contribution in [0.25, 0.3) is 0 Å². The number of hydrogen-bond donors (Lipinski definition) is 2. The van der Waals surface area contributed by atoms with Crippen LogP contribution in [-0.4, -0.2) is 34.6 Å². The van der Waals surface area contributed by atoms with Crippen LogP contribution < -0.4 is 5.32 Å². The lowest BCUT2D eigenvalue weighted by atomic mass is 10.1. The highest BCUT2D eigenvalue weighted by atomic mass is 16.4. The van der Waals surface area contributed by atoms with Gasteiger partial charge >= 0.3 is 6.09 Å². The molecular formula is C8H11N3O3. The van der Waals surface area contributed by atoms with E-state index in [1.165, 1.54) is 0 Å². The van der Waals surface area contributed by atoms with Crippen molar-refractivity contribution in [2.24, 2.45) is 0 Å². The van der Waals surface area contributed by atoms with Crippen molar-refractivity contribution in [1.29, 1.82) is 5.26 Å². The van der Waals surface area contributed by atoms with Gasteiger partial charge in [0.25, 0.3) is 5.91 Å². The van der Waals surface area contributed by atoms with E-state index in [1.54, 1.807) is 6.19 Å². The van der Waals surface area contributed by atoms with Crippen molar-refractivity contribution >= 4 is 12.0 Å². The Hall–Kier alpha value is -1.77. The monoisotopic (exact) mass is 197 g/mol. The van der Waals surface area contributed by atoms with Gasteiger partial charge in [0.05, 0.1) is 0 Å². The normalized spacial score (nSPS) is 22.4. The highest BCUT2D eigenvalue weighted by Crippen LogP contribution is 2.11. The van der Waals surface area contributed by atoms with Crippen LogP contribution in [0.4, 0.5) is 4.79 Å². The van der Waals surface area contributed by atoms with Crippen molar-refractivity contribution < 1.29 is 14.7 Å². The molecule has 6 nitrogen and oxygen atoms in total. The Labute approximate surface area is 81.1 Å². The van der Waals surface area contributed by atoms with E-state index in [-0.39, 0.29) is 0 Å². The molecule has 0 aromatic heterocycles. The van der Waals surface area contributed by atoms with Gasteiger partial charge in [-0.25, -0.2) is 9.69 Å². The maximum atomic E-state index is 11.5. The van der Waals surface area contributed by atoms with Crippen LogP contribution >= 0.6 is 0 Å². The van der Waals surface area contributed by atoms with Gasteiger partial charge in [-0.3, -0.25) is 4.79 Å². The molecule has 0 aromatic carbocycles. The highest BCUT2D eigenvalue weighted by Gasteiger charge is 2.27. The molecule has 1 fully saturated rings. The third kappa shape index (κ3) is 2.36. The summed E-state index contributed by atoms with van der Waals surface area (Å²) in [6.07, 6.45) is 2.45. The fourth-order valence-electron chi connectivity index (χ4n) is 1.42. The van der Waals surface area contributed by atoms with Crippen LogP contribution in [0.3, 0.4) is 0 Å². The van der Waals surface area contributed by atoms with Crippen LogP contribution in [0.1, 0.15) is 19.3 Å². The molecule has 6 heteroatoms. The number of carboxylic acid groups (broad SMARTS) is 1. The third-order valence-electron chi connectivity index (χ3n) is 2.11. The molecule has 1 heterocycles. The lowest BCUT2D eigenvalue weighted by Gasteiger charge is -2.16. The minimum Gasteiger partial charge on any atom is -0.465 e. The first-order valence-electron chi connectivity index (χ1n) is 4.35. The van der Waals surface area contributed by atoms with Crippen molar-refractivity contribution in [3.05, 3.63) is 0 Å². The predicted molar refractivity (Wildman–Crippen MR) is 46.1 cm³/mol. The second-order valence-corrected chi connectivity index (χ2v) is 3.09. The summed E-state index contributed by atoms with van der Waals surface area (Å²) < 4.78 is 0. The number of likely N-dealkylation sites (tertiary alicyclic amines) is 1. The number of nitrogens with one attached hydrogen (secondary N) is 1. The van der Waals surface area contributed by atoms with E-state index in [2.05, 4.69) is 5.32 Å². The van der Waals surface area contributed by atoms with Crippen LogP contribution in [0, 0.1) is 11.5 Å². The molecule has 1 saturated heterocycles. The Morgan fingerprint density at radius 1 is 1.64 bits per heavy atom. The van der Waals surface area contributed by atoms with Gasteiger partial charge in [0, 0.05) is 6.54 Å². The second kappa shape index (κ2) is 4.46. The molecule has 0 aromatic rings. The summed E-state index contributed by atoms with van der Waals surface area (Å²) in [6, 6.07) is -0.769. The average molecular weight is 197 g/mol. The van der Waals surface area contributed by atoms with Gasteiger partial charge in [0.15, 0.2) is 6.19 Å².